The van der Waals surface area contributed by atoms with Gasteiger partial charge in [0, 0.05) is 16.1 Å². The van der Waals surface area contributed by atoms with Crippen LogP contribution in [0, 0.1) is 18.8 Å². The predicted octanol–water partition coefficient (Wildman–Crippen LogP) is 3.24. The van der Waals surface area contributed by atoms with Gasteiger partial charge in [-0.2, -0.15) is 0 Å². The Labute approximate surface area is 128 Å². The van der Waals surface area contributed by atoms with Crippen LogP contribution < -0.4 is 5.32 Å². The maximum Gasteiger partial charge on any atom is 0.255 e. The van der Waals surface area contributed by atoms with E-state index in [0.717, 1.165) is 5.56 Å². The zero-order valence-corrected chi connectivity index (χ0v) is 12.2. The summed E-state index contributed by atoms with van der Waals surface area (Å²) in [6.07, 6.45) is 0. The molecule has 0 heterocycles. The number of hydrogen-bond donors (Lipinski definition) is 2. The molecule has 2 rings (SSSR count). The van der Waals surface area contributed by atoms with E-state index in [1.807, 2.05) is 19.1 Å². The number of aliphatic hydroxyl groups is 1. The fourth-order valence-corrected chi connectivity index (χ4v) is 2.19. The first-order chi connectivity index (χ1) is 10.1. The third-order valence-corrected chi connectivity index (χ3v) is 3.00. The van der Waals surface area contributed by atoms with E-state index in [1.165, 1.54) is 0 Å². The van der Waals surface area contributed by atoms with Gasteiger partial charge < -0.3 is 10.4 Å². The van der Waals surface area contributed by atoms with Crippen LogP contribution in [-0.4, -0.2) is 17.6 Å². The van der Waals surface area contributed by atoms with Crippen LogP contribution in [0.4, 0.5) is 5.69 Å². The molecule has 0 saturated carbocycles. The number of halogens is 1. The lowest BCUT2D eigenvalue weighted by atomic mass is 10.1. The van der Waals surface area contributed by atoms with Gasteiger partial charge in [-0.3, -0.25) is 4.79 Å². The molecule has 2 N–H and O–H groups in total. The van der Waals surface area contributed by atoms with Gasteiger partial charge in [-0.15, -0.1) is 0 Å². The molecular formula is C17H14ClNO2. The molecule has 0 aliphatic carbocycles. The van der Waals surface area contributed by atoms with Crippen molar-refractivity contribution in [3.63, 3.8) is 0 Å². The molecule has 106 valence electrons. The normalized spacial score (nSPS) is 9.67. The molecule has 4 heteroatoms. The SMILES string of the molecule is Cc1cc(Cl)cc(C(=O)Nc2ccccc2C#CCO)c1. The van der Waals surface area contributed by atoms with Crippen LogP contribution in [0.15, 0.2) is 42.5 Å². The van der Waals surface area contributed by atoms with Crippen molar-refractivity contribution in [1.29, 1.82) is 0 Å². The lowest BCUT2D eigenvalue weighted by Crippen LogP contribution is -2.13. The predicted molar refractivity (Wildman–Crippen MR) is 84.5 cm³/mol. The molecule has 0 aliphatic heterocycles. The number of anilines is 1. The van der Waals surface area contributed by atoms with Gasteiger partial charge in [-0.25, -0.2) is 0 Å². The summed E-state index contributed by atoms with van der Waals surface area (Å²) in [6.45, 7) is 1.65. The van der Waals surface area contributed by atoms with Crippen molar-refractivity contribution >= 4 is 23.2 Å². The first-order valence-corrected chi connectivity index (χ1v) is 6.75. The number of amides is 1. The second kappa shape index (κ2) is 6.94. The lowest BCUT2D eigenvalue weighted by Gasteiger charge is -2.08. The van der Waals surface area contributed by atoms with Crippen LogP contribution in [0.3, 0.4) is 0 Å². The summed E-state index contributed by atoms with van der Waals surface area (Å²) in [5.41, 5.74) is 2.66. The summed E-state index contributed by atoms with van der Waals surface area (Å²) in [6, 6.07) is 12.3. The molecule has 0 saturated heterocycles. The zero-order chi connectivity index (χ0) is 15.2. The molecule has 0 atom stereocenters. The number of hydrogen-bond acceptors (Lipinski definition) is 2. The van der Waals surface area contributed by atoms with Crippen LogP contribution in [0.2, 0.25) is 5.02 Å². The second-order valence-electron chi connectivity index (χ2n) is 4.48. The van der Waals surface area contributed by atoms with Gasteiger partial charge in [0.05, 0.1) is 5.69 Å². The van der Waals surface area contributed by atoms with E-state index >= 15 is 0 Å². The fraction of sp³-hybridized carbons (Fsp3) is 0.118. The average molecular weight is 300 g/mol. The second-order valence-corrected chi connectivity index (χ2v) is 4.91. The van der Waals surface area contributed by atoms with Crippen molar-refractivity contribution in [1.82, 2.24) is 0 Å². The van der Waals surface area contributed by atoms with Gasteiger partial charge >= 0.3 is 0 Å². The molecule has 0 fully saturated rings. The first kappa shape index (κ1) is 15.1. The highest BCUT2D eigenvalue weighted by Gasteiger charge is 2.09. The molecule has 0 unspecified atom stereocenters. The zero-order valence-electron chi connectivity index (χ0n) is 11.5. The molecule has 2 aromatic carbocycles. The molecule has 1 amide bonds. The number of carbonyl (C=O) groups is 1. The topological polar surface area (TPSA) is 49.3 Å². The quantitative estimate of drug-likeness (QED) is 0.836. The summed E-state index contributed by atoms with van der Waals surface area (Å²) in [5.74, 6) is 5.12. The maximum atomic E-state index is 12.3. The Morgan fingerprint density at radius 1 is 1.29 bits per heavy atom. The van der Waals surface area contributed by atoms with Crippen LogP contribution in [0.25, 0.3) is 0 Å². The number of carbonyl (C=O) groups excluding carboxylic acids is 1. The third kappa shape index (κ3) is 4.09. The summed E-state index contributed by atoms with van der Waals surface area (Å²) >= 11 is 5.97. The Bertz CT molecular complexity index is 709. The molecule has 0 bridgehead atoms. The van der Waals surface area contributed by atoms with E-state index < -0.39 is 0 Å². The highest BCUT2D eigenvalue weighted by atomic mass is 35.5. The minimum atomic E-state index is -0.251. The van der Waals surface area contributed by atoms with Crippen molar-refractivity contribution in [3.8, 4) is 11.8 Å². The fourth-order valence-electron chi connectivity index (χ4n) is 1.90. The number of para-hydroxylation sites is 1. The Morgan fingerprint density at radius 3 is 2.76 bits per heavy atom. The van der Waals surface area contributed by atoms with E-state index in [4.69, 9.17) is 16.7 Å². The van der Waals surface area contributed by atoms with Gasteiger partial charge in [0.1, 0.15) is 6.61 Å². The highest BCUT2D eigenvalue weighted by molar-refractivity contribution is 6.31. The molecule has 0 spiro atoms. The van der Waals surface area contributed by atoms with Crippen LogP contribution in [-0.2, 0) is 0 Å². The Balaban J connectivity index is 2.27. The van der Waals surface area contributed by atoms with E-state index in [0.29, 0.717) is 21.8 Å². The van der Waals surface area contributed by atoms with E-state index in [1.54, 1.807) is 30.3 Å². The molecule has 21 heavy (non-hydrogen) atoms. The maximum absolute atomic E-state index is 12.3. The molecule has 0 aliphatic rings. The summed E-state index contributed by atoms with van der Waals surface area (Å²) in [7, 11) is 0. The number of benzene rings is 2. The van der Waals surface area contributed by atoms with E-state index in [9.17, 15) is 4.79 Å². The van der Waals surface area contributed by atoms with Gasteiger partial charge in [-0.1, -0.05) is 35.6 Å². The third-order valence-electron chi connectivity index (χ3n) is 2.78. The summed E-state index contributed by atoms with van der Waals surface area (Å²) in [5, 5.41) is 12.1. The van der Waals surface area contributed by atoms with Gasteiger partial charge in [0.25, 0.3) is 5.91 Å². The van der Waals surface area contributed by atoms with Gasteiger partial charge in [-0.05, 0) is 42.8 Å². The number of aryl methyl sites for hydroxylation is 1. The number of aliphatic hydroxyl groups excluding tert-OH is 1. The van der Waals surface area contributed by atoms with Crippen molar-refractivity contribution in [3.05, 3.63) is 64.2 Å². The first-order valence-electron chi connectivity index (χ1n) is 6.37. The number of nitrogens with one attached hydrogen (secondary N) is 1. The van der Waals surface area contributed by atoms with Crippen molar-refractivity contribution < 1.29 is 9.90 Å². The molecular weight excluding hydrogens is 286 g/mol. The van der Waals surface area contributed by atoms with Crippen LogP contribution in [0.1, 0.15) is 21.5 Å². The van der Waals surface area contributed by atoms with Gasteiger partial charge in [0.2, 0.25) is 0 Å². The van der Waals surface area contributed by atoms with Crippen LogP contribution in [0.5, 0.6) is 0 Å². The monoisotopic (exact) mass is 299 g/mol. The molecule has 0 aromatic heterocycles. The van der Waals surface area contributed by atoms with Gasteiger partial charge in [0.15, 0.2) is 0 Å². The van der Waals surface area contributed by atoms with E-state index in [2.05, 4.69) is 17.2 Å². The van der Waals surface area contributed by atoms with Crippen molar-refractivity contribution in [2.45, 2.75) is 6.92 Å². The Morgan fingerprint density at radius 2 is 2.05 bits per heavy atom. The minimum Gasteiger partial charge on any atom is -0.384 e. The van der Waals surface area contributed by atoms with Crippen LogP contribution >= 0.6 is 11.6 Å². The smallest absolute Gasteiger partial charge is 0.255 e. The van der Waals surface area contributed by atoms with E-state index in [-0.39, 0.29) is 12.5 Å². The molecule has 0 radical (unpaired) electrons. The van der Waals surface area contributed by atoms with Crippen molar-refractivity contribution in [2.24, 2.45) is 0 Å². The number of rotatable bonds is 2. The lowest BCUT2D eigenvalue weighted by molar-refractivity contribution is 0.102. The summed E-state index contributed by atoms with van der Waals surface area (Å²) in [4.78, 5) is 12.3. The summed E-state index contributed by atoms with van der Waals surface area (Å²) < 4.78 is 0. The Hall–Kier alpha value is -2.28. The molecule has 3 nitrogen and oxygen atoms in total. The van der Waals surface area contributed by atoms with Crippen molar-refractivity contribution in [2.75, 3.05) is 11.9 Å². The standard InChI is InChI=1S/C17H14ClNO2/c1-12-9-14(11-15(18)10-12)17(21)19-16-7-3-2-5-13(16)6-4-8-20/h2-3,5,7,9-11,20H,8H2,1H3,(H,19,21). The highest BCUT2D eigenvalue weighted by Crippen LogP contribution is 2.18. The molecule has 2 aromatic rings. The largest absolute Gasteiger partial charge is 0.384 e. The Kier molecular flexibility index (Phi) is 4.99. The average Bonchev–Trinajstić information content (AvgIpc) is 2.45. The minimum absolute atomic E-state index is 0.226.